The zero-order chi connectivity index (χ0) is 25.2. The lowest BCUT2D eigenvalue weighted by Gasteiger charge is -2.36. The standard InChI is InChI=1S/C27H39N3O3S/c1-16(2)29-25(27(5,6)7)26(33)30-14-21(31)13-22(30)23(32)12-17(3)19-8-10-20(11-9-19)24-18(4)28-15-34-24/h8-11,15-17,21-22,25,29,31H,12-14H2,1-7H3/t17-,21-,22+,25-/m1/s1. The molecule has 3 rings (SSSR count). The maximum absolute atomic E-state index is 13.5. The molecule has 1 amide bonds. The number of ketones is 1. The molecule has 6 nitrogen and oxygen atoms in total. The molecule has 0 saturated carbocycles. The van der Waals surface area contributed by atoms with Crippen LogP contribution < -0.4 is 5.32 Å². The number of aryl methyl sites for hydroxylation is 1. The minimum atomic E-state index is -0.671. The fourth-order valence-electron chi connectivity index (χ4n) is 4.65. The van der Waals surface area contributed by atoms with Crippen LogP contribution in [-0.2, 0) is 9.59 Å². The van der Waals surface area contributed by atoms with Crippen LogP contribution in [0.25, 0.3) is 10.4 Å². The zero-order valence-electron chi connectivity index (χ0n) is 21.5. The van der Waals surface area contributed by atoms with Crippen molar-refractivity contribution in [2.75, 3.05) is 6.54 Å². The van der Waals surface area contributed by atoms with E-state index in [1.165, 1.54) is 0 Å². The highest BCUT2D eigenvalue weighted by molar-refractivity contribution is 7.13. The van der Waals surface area contributed by atoms with Crippen LogP contribution in [0.15, 0.2) is 29.8 Å². The molecular formula is C27H39N3O3S. The van der Waals surface area contributed by atoms with Gasteiger partial charge in [0.2, 0.25) is 5.91 Å². The molecule has 1 aromatic carbocycles. The van der Waals surface area contributed by atoms with Crippen LogP contribution in [0.3, 0.4) is 0 Å². The van der Waals surface area contributed by atoms with E-state index in [-0.39, 0.29) is 35.6 Å². The predicted molar refractivity (Wildman–Crippen MR) is 138 cm³/mol. The number of carbonyl (C=O) groups excluding carboxylic acids is 2. The van der Waals surface area contributed by atoms with Gasteiger partial charge in [0.15, 0.2) is 5.78 Å². The van der Waals surface area contributed by atoms with Crippen molar-refractivity contribution in [3.63, 3.8) is 0 Å². The highest BCUT2D eigenvalue weighted by Crippen LogP contribution is 2.31. The van der Waals surface area contributed by atoms with E-state index >= 15 is 0 Å². The lowest BCUT2D eigenvalue weighted by Crippen LogP contribution is -2.56. The molecule has 0 aliphatic carbocycles. The Morgan fingerprint density at radius 3 is 2.38 bits per heavy atom. The third kappa shape index (κ3) is 6.12. The maximum Gasteiger partial charge on any atom is 0.240 e. The fraction of sp³-hybridized carbons (Fsp3) is 0.593. The van der Waals surface area contributed by atoms with Gasteiger partial charge in [0.25, 0.3) is 0 Å². The van der Waals surface area contributed by atoms with E-state index < -0.39 is 18.2 Å². The van der Waals surface area contributed by atoms with E-state index in [1.807, 2.05) is 54.0 Å². The zero-order valence-corrected chi connectivity index (χ0v) is 22.3. The Labute approximate surface area is 207 Å². The Bertz CT molecular complexity index is 993. The first-order valence-electron chi connectivity index (χ1n) is 12.2. The smallest absolute Gasteiger partial charge is 0.240 e. The van der Waals surface area contributed by atoms with Gasteiger partial charge in [-0.2, -0.15) is 0 Å². The molecule has 2 aromatic rings. The van der Waals surface area contributed by atoms with E-state index in [0.717, 1.165) is 21.7 Å². The largest absolute Gasteiger partial charge is 0.391 e. The van der Waals surface area contributed by atoms with Gasteiger partial charge in [-0.1, -0.05) is 65.8 Å². The number of aliphatic hydroxyl groups is 1. The Morgan fingerprint density at radius 1 is 1.21 bits per heavy atom. The van der Waals surface area contributed by atoms with E-state index in [1.54, 1.807) is 16.2 Å². The summed E-state index contributed by atoms with van der Waals surface area (Å²) < 4.78 is 0. The van der Waals surface area contributed by atoms with Crippen molar-refractivity contribution < 1.29 is 14.7 Å². The van der Waals surface area contributed by atoms with E-state index in [0.29, 0.717) is 12.8 Å². The number of benzene rings is 1. The van der Waals surface area contributed by atoms with Crippen LogP contribution in [0, 0.1) is 12.3 Å². The number of amides is 1. The summed E-state index contributed by atoms with van der Waals surface area (Å²) in [5, 5.41) is 13.7. The molecular weight excluding hydrogens is 446 g/mol. The van der Waals surface area contributed by atoms with Crippen molar-refractivity contribution >= 4 is 23.0 Å². The molecule has 1 aromatic heterocycles. The molecule has 7 heteroatoms. The van der Waals surface area contributed by atoms with Gasteiger partial charge < -0.3 is 15.3 Å². The third-order valence-corrected chi connectivity index (χ3v) is 7.52. The summed E-state index contributed by atoms with van der Waals surface area (Å²) in [5.74, 6) is -0.0731. The number of nitrogens with one attached hydrogen (secondary N) is 1. The summed E-state index contributed by atoms with van der Waals surface area (Å²) in [6, 6.07) is 7.43. The minimum absolute atomic E-state index is 0.0111. The number of aliphatic hydroxyl groups excluding tert-OH is 1. The van der Waals surface area contributed by atoms with Gasteiger partial charge in [-0.05, 0) is 29.4 Å². The molecule has 0 radical (unpaired) electrons. The molecule has 34 heavy (non-hydrogen) atoms. The second-order valence-corrected chi connectivity index (χ2v) is 11.8. The van der Waals surface area contributed by atoms with Crippen molar-refractivity contribution in [2.45, 2.75) is 91.5 Å². The summed E-state index contributed by atoms with van der Waals surface area (Å²) in [6.45, 7) is 14.3. The van der Waals surface area contributed by atoms with Gasteiger partial charge in [0.1, 0.15) is 0 Å². The number of thiazole rings is 1. The van der Waals surface area contributed by atoms with Crippen LogP contribution in [0.2, 0.25) is 0 Å². The first-order valence-corrected chi connectivity index (χ1v) is 13.0. The highest BCUT2D eigenvalue weighted by atomic mass is 32.1. The van der Waals surface area contributed by atoms with Crippen LogP contribution in [0.5, 0.6) is 0 Å². The van der Waals surface area contributed by atoms with Gasteiger partial charge in [-0.3, -0.25) is 9.59 Å². The molecule has 4 atom stereocenters. The van der Waals surface area contributed by atoms with Crippen LogP contribution in [0.1, 0.15) is 71.6 Å². The Hall–Kier alpha value is -2.09. The maximum atomic E-state index is 13.5. The van der Waals surface area contributed by atoms with Crippen molar-refractivity contribution in [3.8, 4) is 10.4 Å². The summed E-state index contributed by atoms with van der Waals surface area (Å²) in [6.07, 6.45) is -0.0352. The van der Waals surface area contributed by atoms with Gasteiger partial charge in [0, 0.05) is 25.4 Å². The molecule has 0 spiro atoms. The Kier molecular flexibility index (Phi) is 8.32. The minimum Gasteiger partial charge on any atom is -0.391 e. The van der Waals surface area contributed by atoms with E-state index in [9.17, 15) is 14.7 Å². The number of Topliss-reactive ketones (excluding diaryl/α,β-unsaturated/α-hetero) is 1. The van der Waals surface area contributed by atoms with Crippen molar-refractivity contribution in [2.24, 2.45) is 5.41 Å². The number of aromatic nitrogens is 1. The Balaban J connectivity index is 1.72. The van der Waals surface area contributed by atoms with Crippen LogP contribution in [0.4, 0.5) is 0 Å². The average molecular weight is 486 g/mol. The second-order valence-electron chi connectivity index (χ2n) is 11.0. The molecule has 1 fully saturated rings. The first-order chi connectivity index (χ1) is 15.9. The van der Waals surface area contributed by atoms with Gasteiger partial charge >= 0.3 is 0 Å². The lowest BCUT2D eigenvalue weighted by atomic mass is 9.85. The number of hydrogen-bond acceptors (Lipinski definition) is 6. The summed E-state index contributed by atoms with van der Waals surface area (Å²) in [5.41, 5.74) is 4.78. The predicted octanol–water partition coefficient (Wildman–Crippen LogP) is 4.56. The monoisotopic (exact) mass is 485 g/mol. The fourth-order valence-corrected chi connectivity index (χ4v) is 5.46. The molecule has 186 valence electrons. The lowest BCUT2D eigenvalue weighted by molar-refractivity contribution is -0.141. The van der Waals surface area contributed by atoms with Crippen molar-refractivity contribution in [3.05, 3.63) is 41.0 Å². The molecule has 2 N–H and O–H groups in total. The first kappa shape index (κ1) is 26.5. The molecule has 1 aliphatic rings. The molecule has 0 bridgehead atoms. The molecule has 2 heterocycles. The SMILES string of the molecule is Cc1ncsc1-c1ccc([C@H](C)CC(=O)[C@@H]2C[C@@H](O)CN2C(=O)[C@@H](NC(C)C)C(C)(C)C)cc1. The van der Waals surface area contributed by atoms with E-state index in [4.69, 9.17) is 0 Å². The number of hydrogen-bond donors (Lipinski definition) is 2. The number of carbonyl (C=O) groups is 2. The van der Waals surface area contributed by atoms with E-state index in [2.05, 4.69) is 34.6 Å². The molecule has 1 saturated heterocycles. The summed E-state index contributed by atoms with van der Waals surface area (Å²) in [7, 11) is 0. The summed E-state index contributed by atoms with van der Waals surface area (Å²) >= 11 is 1.62. The molecule has 0 unspecified atom stereocenters. The van der Waals surface area contributed by atoms with Gasteiger partial charge in [0.05, 0.1) is 34.3 Å². The van der Waals surface area contributed by atoms with Crippen LogP contribution in [-0.4, -0.2) is 57.5 Å². The topological polar surface area (TPSA) is 82.5 Å². The highest BCUT2D eigenvalue weighted by Gasteiger charge is 2.43. The van der Waals surface area contributed by atoms with Gasteiger partial charge in [-0.25, -0.2) is 4.98 Å². The van der Waals surface area contributed by atoms with Gasteiger partial charge in [-0.15, -0.1) is 11.3 Å². The quantitative estimate of drug-likeness (QED) is 0.573. The van der Waals surface area contributed by atoms with Crippen molar-refractivity contribution in [1.82, 2.24) is 15.2 Å². The summed E-state index contributed by atoms with van der Waals surface area (Å²) in [4.78, 5) is 34.0. The van der Waals surface area contributed by atoms with Crippen LogP contribution >= 0.6 is 11.3 Å². The number of nitrogens with zero attached hydrogens (tertiary/aromatic N) is 2. The van der Waals surface area contributed by atoms with Crippen molar-refractivity contribution in [1.29, 1.82) is 0 Å². The number of β-amino-alcohol motifs (C(OH)–C–C–N with tert-alkyl or cyclic N) is 1. The second kappa shape index (κ2) is 10.7. The third-order valence-electron chi connectivity index (χ3n) is 6.54. The molecule has 1 aliphatic heterocycles. The normalized spacial score (nSPS) is 20.6. The number of likely N-dealkylation sites (tertiary alicyclic amines) is 1. The Morgan fingerprint density at radius 2 is 1.85 bits per heavy atom. The number of rotatable bonds is 8. The average Bonchev–Trinajstić information content (AvgIpc) is 3.36.